The van der Waals surface area contributed by atoms with Gasteiger partial charge in [-0.05, 0) is 0 Å². The average Bonchev–Trinajstić information content (AvgIpc) is 2.34. The average molecular weight is 394 g/mol. The van der Waals surface area contributed by atoms with Crippen LogP contribution in [0.3, 0.4) is 0 Å². The standard InChI is InChI=1S/C7H8F6N2O6S2/c1-14(22-21-20-6(8,9)10)4(16)3-5(17)15(2)23(18,19)7(11,12)13/h3H2,1-2H3. The zero-order chi connectivity index (χ0) is 18.6. The minimum absolute atomic E-state index is 0.273. The minimum atomic E-state index is -5.98. The third kappa shape index (κ3) is 6.80. The second-order valence-electron chi connectivity index (χ2n) is 3.55. The molecule has 0 spiro atoms. The Hall–Kier alpha value is -1.26. The zero-order valence-corrected chi connectivity index (χ0v) is 12.8. The maximum atomic E-state index is 12.2. The molecule has 0 aromatic rings. The van der Waals surface area contributed by atoms with Gasteiger partial charge in [-0.2, -0.15) is 21.6 Å². The molecule has 0 saturated carbocycles. The maximum Gasteiger partial charge on any atom is 0.550 e. The highest BCUT2D eigenvalue weighted by Gasteiger charge is 2.50. The van der Waals surface area contributed by atoms with Crippen LogP contribution in [0.15, 0.2) is 0 Å². The summed E-state index contributed by atoms with van der Waals surface area (Å²) in [6, 6.07) is 0. The lowest BCUT2D eigenvalue weighted by atomic mass is 10.4. The van der Waals surface area contributed by atoms with E-state index in [1.807, 2.05) is 0 Å². The van der Waals surface area contributed by atoms with Crippen LogP contribution in [-0.4, -0.2) is 54.8 Å². The summed E-state index contributed by atoms with van der Waals surface area (Å²) >= 11 is -0.323. The minimum Gasteiger partial charge on any atom is -0.273 e. The van der Waals surface area contributed by atoms with Crippen molar-refractivity contribution in [1.29, 1.82) is 0 Å². The lowest BCUT2D eigenvalue weighted by Gasteiger charge is -2.20. The Morgan fingerprint density at radius 3 is 1.91 bits per heavy atom. The predicted octanol–water partition coefficient (Wildman–Crippen LogP) is 1.17. The molecule has 16 heteroatoms. The Kier molecular flexibility index (Phi) is 7.13. The number of rotatable bonds is 6. The molecular weight excluding hydrogens is 386 g/mol. The lowest BCUT2D eigenvalue weighted by molar-refractivity contribution is -0.440. The fourth-order valence-electron chi connectivity index (χ4n) is 0.782. The van der Waals surface area contributed by atoms with Gasteiger partial charge in [0.05, 0.1) is 0 Å². The summed E-state index contributed by atoms with van der Waals surface area (Å²) in [6.07, 6.45) is -6.54. The van der Waals surface area contributed by atoms with E-state index in [1.54, 1.807) is 0 Å². The van der Waals surface area contributed by atoms with Crippen LogP contribution in [0.25, 0.3) is 0 Å². The van der Waals surface area contributed by atoms with Gasteiger partial charge in [0.1, 0.15) is 6.42 Å². The van der Waals surface area contributed by atoms with Crippen LogP contribution in [0, 0.1) is 0 Å². The first-order valence-corrected chi connectivity index (χ1v) is 7.17. The Balaban J connectivity index is 4.64. The van der Waals surface area contributed by atoms with E-state index in [0.29, 0.717) is 0 Å². The molecule has 0 fully saturated rings. The van der Waals surface area contributed by atoms with E-state index in [-0.39, 0.29) is 23.6 Å². The molecule has 0 N–H and O–H groups in total. The topological polar surface area (TPSA) is 93.2 Å². The highest BCUT2D eigenvalue weighted by Crippen LogP contribution is 2.26. The second-order valence-corrected chi connectivity index (χ2v) is 6.35. The summed E-state index contributed by atoms with van der Waals surface area (Å²) in [5.74, 6) is -3.09. The Labute approximate surface area is 129 Å². The molecule has 0 aromatic carbocycles. The van der Waals surface area contributed by atoms with Crippen molar-refractivity contribution in [2.45, 2.75) is 18.3 Å². The van der Waals surface area contributed by atoms with Gasteiger partial charge < -0.3 is 0 Å². The largest absolute Gasteiger partial charge is 0.550 e. The number of halogens is 6. The maximum absolute atomic E-state index is 12.2. The molecule has 0 atom stereocenters. The number of sulfonamides is 1. The summed E-state index contributed by atoms with van der Waals surface area (Å²) in [6.45, 7) is 0. The monoisotopic (exact) mass is 394 g/mol. The number of alkyl halides is 6. The van der Waals surface area contributed by atoms with Gasteiger partial charge in [0.2, 0.25) is 11.8 Å². The quantitative estimate of drug-likeness (QED) is 0.167. The van der Waals surface area contributed by atoms with E-state index in [4.69, 9.17) is 0 Å². The number of hydrogen-bond acceptors (Lipinski definition) is 7. The van der Waals surface area contributed by atoms with Crippen LogP contribution in [0.2, 0.25) is 0 Å². The van der Waals surface area contributed by atoms with Crippen molar-refractivity contribution in [2.75, 3.05) is 14.1 Å². The highest BCUT2D eigenvalue weighted by atomic mass is 32.2. The van der Waals surface area contributed by atoms with Crippen molar-refractivity contribution in [3.8, 4) is 0 Å². The summed E-state index contributed by atoms with van der Waals surface area (Å²) in [5.41, 5.74) is -5.76. The Morgan fingerprint density at radius 2 is 1.52 bits per heavy atom. The lowest BCUT2D eigenvalue weighted by Crippen LogP contribution is -2.43. The van der Waals surface area contributed by atoms with E-state index in [1.165, 1.54) is 0 Å². The number of nitrogens with zero attached hydrogens (tertiary/aromatic N) is 2. The molecule has 0 aromatic heterocycles. The van der Waals surface area contributed by atoms with E-state index in [0.717, 1.165) is 7.05 Å². The Morgan fingerprint density at radius 1 is 1.04 bits per heavy atom. The summed E-state index contributed by atoms with van der Waals surface area (Å²) < 4.78 is 96.2. The molecular formula is C7H8F6N2O6S2. The SMILES string of the molecule is CN(SOOC(F)(F)F)C(=O)CC(=O)N(C)S(=O)(=O)C(F)(F)F. The van der Waals surface area contributed by atoms with Crippen molar-refractivity contribution in [2.24, 2.45) is 0 Å². The van der Waals surface area contributed by atoms with Crippen LogP contribution in [-0.2, 0) is 28.8 Å². The predicted molar refractivity (Wildman–Crippen MR) is 60.9 cm³/mol. The fraction of sp³-hybridized carbons (Fsp3) is 0.714. The first-order chi connectivity index (χ1) is 10.1. The molecule has 0 rings (SSSR count). The van der Waals surface area contributed by atoms with Gasteiger partial charge in [-0.25, -0.2) is 4.31 Å². The summed E-state index contributed by atoms with van der Waals surface area (Å²) in [5, 5.41) is 0. The van der Waals surface area contributed by atoms with Gasteiger partial charge in [0.25, 0.3) is 0 Å². The summed E-state index contributed by atoms with van der Waals surface area (Å²) in [7, 11) is -4.91. The number of carbonyl (C=O) groups excluding carboxylic acids is 2. The van der Waals surface area contributed by atoms with Gasteiger partial charge in [-0.1, -0.05) is 0 Å². The number of hydrogen-bond donors (Lipinski definition) is 0. The summed E-state index contributed by atoms with van der Waals surface area (Å²) in [4.78, 5) is 25.5. The van der Waals surface area contributed by atoms with Crippen molar-refractivity contribution < 1.29 is 53.6 Å². The normalized spacial score (nSPS) is 12.9. The molecule has 0 saturated heterocycles. The molecule has 0 aliphatic heterocycles. The van der Waals surface area contributed by atoms with Gasteiger partial charge >= 0.3 is 21.9 Å². The van der Waals surface area contributed by atoms with E-state index in [2.05, 4.69) is 9.22 Å². The molecule has 0 unspecified atom stereocenters. The second kappa shape index (κ2) is 7.54. The third-order valence-corrected chi connectivity index (χ3v) is 3.99. The molecule has 0 heterocycles. The van der Waals surface area contributed by atoms with Crippen LogP contribution in [0.4, 0.5) is 26.3 Å². The number of carbonyl (C=O) groups is 2. The van der Waals surface area contributed by atoms with Gasteiger partial charge in [-0.15, -0.1) is 22.4 Å². The molecule has 8 nitrogen and oxygen atoms in total. The molecule has 0 radical (unpaired) electrons. The fourth-order valence-corrected chi connectivity index (χ4v) is 1.77. The highest BCUT2D eigenvalue weighted by molar-refractivity contribution is 7.92. The third-order valence-electron chi connectivity index (χ3n) is 1.93. The van der Waals surface area contributed by atoms with Crippen molar-refractivity contribution in [1.82, 2.24) is 8.61 Å². The van der Waals surface area contributed by atoms with Gasteiger partial charge in [0.15, 0.2) is 12.2 Å². The number of amides is 2. The molecule has 23 heavy (non-hydrogen) atoms. The van der Waals surface area contributed by atoms with E-state index in [9.17, 15) is 44.3 Å². The van der Waals surface area contributed by atoms with E-state index >= 15 is 0 Å². The Bertz CT molecular complexity index is 547. The van der Waals surface area contributed by atoms with Crippen LogP contribution < -0.4 is 0 Å². The molecule has 0 bridgehead atoms. The molecule has 0 aliphatic rings. The first kappa shape index (κ1) is 21.7. The van der Waals surface area contributed by atoms with Gasteiger partial charge in [0, 0.05) is 14.1 Å². The zero-order valence-electron chi connectivity index (χ0n) is 11.1. The van der Waals surface area contributed by atoms with Crippen molar-refractivity contribution in [3.05, 3.63) is 0 Å². The molecule has 2 amide bonds. The first-order valence-electron chi connectivity index (χ1n) is 5.03. The van der Waals surface area contributed by atoms with E-state index < -0.39 is 44.4 Å². The van der Waals surface area contributed by atoms with Gasteiger partial charge in [-0.3, -0.25) is 13.9 Å². The van der Waals surface area contributed by atoms with Crippen molar-refractivity contribution >= 4 is 34.1 Å². The van der Waals surface area contributed by atoms with Crippen LogP contribution in [0.1, 0.15) is 6.42 Å². The van der Waals surface area contributed by atoms with Crippen LogP contribution in [0.5, 0.6) is 0 Å². The smallest absolute Gasteiger partial charge is 0.273 e. The van der Waals surface area contributed by atoms with Crippen molar-refractivity contribution in [3.63, 3.8) is 0 Å². The van der Waals surface area contributed by atoms with Crippen LogP contribution >= 0.6 is 12.2 Å². The molecule has 136 valence electrons. The molecule has 0 aliphatic carbocycles.